The van der Waals surface area contributed by atoms with Crippen molar-refractivity contribution < 1.29 is 18.0 Å². The number of ketones is 1. The second-order valence-electron chi connectivity index (χ2n) is 7.56. The number of carbonyl (C=O) groups excluding carboxylic acids is 2. The Morgan fingerprint density at radius 2 is 1.68 bits per heavy atom. The van der Waals surface area contributed by atoms with E-state index in [2.05, 4.69) is 10.2 Å². The monoisotopic (exact) mass is 444 g/mol. The highest BCUT2D eigenvalue weighted by atomic mass is 32.2. The molecule has 0 aliphatic rings. The van der Waals surface area contributed by atoms with Crippen LogP contribution in [0, 0.1) is 6.92 Å². The summed E-state index contributed by atoms with van der Waals surface area (Å²) >= 11 is 0. The Balaban J connectivity index is 2.66. The van der Waals surface area contributed by atoms with Gasteiger partial charge in [0.15, 0.2) is 5.78 Å². The molecule has 2 aromatic carbocycles. The average molecular weight is 445 g/mol. The number of sulfonamides is 1. The van der Waals surface area contributed by atoms with Crippen LogP contribution in [0.5, 0.6) is 0 Å². The summed E-state index contributed by atoms with van der Waals surface area (Å²) in [6, 6.07) is 11.3. The second kappa shape index (κ2) is 9.93. The third-order valence-electron chi connectivity index (χ3n) is 4.82. The fraction of sp³-hybridized carbons (Fsp3) is 0.364. The predicted molar refractivity (Wildman–Crippen MR) is 119 cm³/mol. The molecule has 0 radical (unpaired) electrons. The molecule has 0 saturated carbocycles. The molecule has 2 aromatic rings. The SMILES string of the molecule is CC(=O)c1ccccc1C(/N=N/CC(=O)N(C)C)c1ccc(C)c(S(=O)(=O)N(C)C)c1. The maximum absolute atomic E-state index is 12.8. The van der Waals surface area contributed by atoms with Crippen LogP contribution in [0.3, 0.4) is 0 Å². The third kappa shape index (κ3) is 5.62. The van der Waals surface area contributed by atoms with Gasteiger partial charge in [0.1, 0.15) is 12.6 Å². The van der Waals surface area contributed by atoms with Gasteiger partial charge in [0, 0.05) is 33.8 Å². The minimum atomic E-state index is -3.68. The highest BCUT2D eigenvalue weighted by molar-refractivity contribution is 7.89. The van der Waals surface area contributed by atoms with Crippen LogP contribution in [0.4, 0.5) is 0 Å². The highest BCUT2D eigenvalue weighted by Gasteiger charge is 2.24. The zero-order valence-corrected chi connectivity index (χ0v) is 19.5. The molecule has 0 heterocycles. The van der Waals surface area contributed by atoms with E-state index in [0.29, 0.717) is 22.3 Å². The number of azo groups is 1. The molecule has 2 rings (SSSR count). The number of hydrogen-bond acceptors (Lipinski definition) is 6. The molecular formula is C22H28N4O4S. The van der Waals surface area contributed by atoms with Crippen molar-refractivity contribution in [3.8, 4) is 0 Å². The van der Waals surface area contributed by atoms with Gasteiger partial charge in [-0.1, -0.05) is 36.4 Å². The van der Waals surface area contributed by atoms with Gasteiger partial charge in [-0.2, -0.15) is 10.2 Å². The molecular weight excluding hydrogens is 416 g/mol. The molecule has 0 N–H and O–H groups in total. The van der Waals surface area contributed by atoms with E-state index in [1.165, 1.54) is 25.9 Å². The van der Waals surface area contributed by atoms with Crippen molar-refractivity contribution in [3.05, 3.63) is 64.7 Å². The molecule has 31 heavy (non-hydrogen) atoms. The van der Waals surface area contributed by atoms with E-state index in [1.807, 2.05) is 0 Å². The molecule has 166 valence electrons. The van der Waals surface area contributed by atoms with Gasteiger partial charge < -0.3 is 4.90 Å². The Morgan fingerprint density at radius 1 is 1.03 bits per heavy atom. The van der Waals surface area contributed by atoms with E-state index in [0.717, 1.165) is 4.31 Å². The van der Waals surface area contributed by atoms with Crippen LogP contribution < -0.4 is 0 Å². The number of amides is 1. The molecule has 0 spiro atoms. The summed E-state index contributed by atoms with van der Waals surface area (Å²) in [6.45, 7) is 3.02. The molecule has 0 bridgehead atoms. The van der Waals surface area contributed by atoms with E-state index in [-0.39, 0.29) is 23.1 Å². The maximum atomic E-state index is 12.8. The van der Waals surface area contributed by atoms with Gasteiger partial charge in [0.2, 0.25) is 15.9 Å². The molecule has 0 aromatic heterocycles. The summed E-state index contributed by atoms with van der Waals surface area (Å²) in [6.07, 6.45) is 0. The highest BCUT2D eigenvalue weighted by Crippen LogP contribution is 2.32. The summed E-state index contributed by atoms with van der Waals surface area (Å²) in [5.41, 5.74) is 2.20. The Kier molecular flexibility index (Phi) is 7.80. The predicted octanol–water partition coefficient (Wildman–Crippen LogP) is 3.08. The largest absolute Gasteiger partial charge is 0.347 e. The van der Waals surface area contributed by atoms with Gasteiger partial charge in [-0.3, -0.25) is 9.59 Å². The number of nitrogens with zero attached hydrogens (tertiary/aromatic N) is 4. The van der Waals surface area contributed by atoms with E-state index >= 15 is 0 Å². The first-order valence-electron chi connectivity index (χ1n) is 9.66. The minimum Gasteiger partial charge on any atom is -0.347 e. The van der Waals surface area contributed by atoms with Crippen LogP contribution in [0.25, 0.3) is 0 Å². The topological polar surface area (TPSA) is 99.5 Å². The zero-order chi connectivity index (χ0) is 23.3. The van der Waals surface area contributed by atoms with E-state index in [9.17, 15) is 18.0 Å². The van der Waals surface area contributed by atoms with Gasteiger partial charge in [0.05, 0.1) is 4.90 Å². The van der Waals surface area contributed by atoms with Crippen LogP contribution >= 0.6 is 0 Å². The molecule has 0 fully saturated rings. The quantitative estimate of drug-likeness (QED) is 0.461. The lowest BCUT2D eigenvalue weighted by Crippen LogP contribution is -2.24. The van der Waals surface area contributed by atoms with Gasteiger partial charge in [-0.15, -0.1) is 0 Å². The average Bonchev–Trinajstić information content (AvgIpc) is 2.71. The lowest BCUT2D eigenvalue weighted by atomic mass is 9.93. The zero-order valence-electron chi connectivity index (χ0n) is 18.7. The third-order valence-corrected chi connectivity index (χ3v) is 6.78. The first-order chi connectivity index (χ1) is 14.5. The molecule has 0 aliphatic heterocycles. The van der Waals surface area contributed by atoms with Crippen molar-refractivity contribution in [2.24, 2.45) is 10.2 Å². The Bertz CT molecular complexity index is 1110. The molecule has 1 atom stereocenters. The number of carbonyl (C=O) groups is 2. The number of rotatable bonds is 8. The van der Waals surface area contributed by atoms with Crippen molar-refractivity contribution in [1.29, 1.82) is 0 Å². The van der Waals surface area contributed by atoms with Crippen molar-refractivity contribution in [2.75, 3.05) is 34.7 Å². The number of likely N-dealkylation sites (N-methyl/N-ethyl adjacent to an activating group) is 1. The number of aryl methyl sites for hydroxylation is 1. The fourth-order valence-corrected chi connectivity index (χ4v) is 4.10. The standard InChI is InChI=1S/C22H28N4O4S/c1-15-11-12-17(13-20(15)31(29,30)26(5)6)22(24-23-14-21(28)25(3)4)19-10-8-7-9-18(19)16(2)27/h7-13,22H,14H2,1-6H3/b24-23+. The van der Waals surface area contributed by atoms with Gasteiger partial charge in [-0.05, 0) is 36.6 Å². The summed E-state index contributed by atoms with van der Waals surface area (Å²) in [7, 11) is 2.50. The van der Waals surface area contributed by atoms with Crippen LogP contribution in [-0.2, 0) is 14.8 Å². The molecule has 8 nitrogen and oxygen atoms in total. The Morgan fingerprint density at radius 3 is 2.26 bits per heavy atom. The second-order valence-corrected chi connectivity index (χ2v) is 9.68. The first-order valence-corrected chi connectivity index (χ1v) is 11.1. The van der Waals surface area contributed by atoms with Gasteiger partial charge in [0.25, 0.3) is 0 Å². The molecule has 1 amide bonds. The van der Waals surface area contributed by atoms with Crippen molar-refractivity contribution >= 4 is 21.7 Å². The van der Waals surface area contributed by atoms with Crippen LogP contribution in [0.15, 0.2) is 57.6 Å². The van der Waals surface area contributed by atoms with Gasteiger partial charge in [-0.25, -0.2) is 12.7 Å². The normalized spacial score (nSPS) is 12.9. The summed E-state index contributed by atoms with van der Waals surface area (Å²) in [5.74, 6) is -0.365. The number of benzene rings is 2. The van der Waals surface area contributed by atoms with Crippen molar-refractivity contribution in [2.45, 2.75) is 24.8 Å². The van der Waals surface area contributed by atoms with Gasteiger partial charge >= 0.3 is 0 Å². The molecule has 1 unspecified atom stereocenters. The van der Waals surface area contributed by atoms with E-state index in [4.69, 9.17) is 0 Å². The fourth-order valence-electron chi connectivity index (χ4n) is 2.95. The van der Waals surface area contributed by atoms with Crippen LogP contribution in [0.2, 0.25) is 0 Å². The maximum Gasteiger partial charge on any atom is 0.245 e. The van der Waals surface area contributed by atoms with E-state index < -0.39 is 16.1 Å². The summed E-state index contributed by atoms with van der Waals surface area (Å²) in [4.78, 5) is 25.7. The number of hydrogen-bond donors (Lipinski definition) is 0. The van der Waals surface area contributed by atoms with Crippen molar-refractivity contribution in [3.63, 3.8) is 0 Å². The van der Waals surface area contributed by atoms with Crippen LogP contribution in [-0.4, -0.2) is 64.0 Å². The first kappa shape index (κ1) is 24.4. The van der Waals surface area contributed by atoms with E-state index in [1.54, 1.807) is 63.5 Å². The smallest absolute Gasteiger partial charge is 0.245 e. The Hall–Kier alpha value is -2.91. The lowest BCUT2D eigenvalue weighted by molar-refractivity contribution is -0.127. The minimum absolute atomic E-state index is 0.145. The number of Topliss-reactive ketones (excluding diaryl/α,β-unsaturated/α-hetero) is 1. The lowest BCUT2D eigenvalue weighted by Gasteiger charge is -2.19. The molecule has 0 saturated heterocycles. The molecule has 9 heteroatoms. The summed E-state index contributed by atoms with van der Waals surface area (Å²) < 4.78 is 26.7. The molecule has 0 aliphatic carbocycles. The van der Waals surface area contributed by atoms with Crippen molar-refractivity contribution in [1.82, 2.24) is 9.21 Å². The van der Waals surface area contributed by atoms with Crippen LogP contribution in [0.1, 0.15) is 40.0 Å². The summed E-state index contributed by atoms with van der Waals surface area (Å²) in [5, 5.41) is 8.40. The Labute approximate surface area is 183 Å².